The van der Waals surface area contributed by atoms with Crippen LogP contribution in [0.5, 0.6) is 0 Å². The first-order valence-electron chi connectivity index (χ1n) is 17.1. The molecular weight excluding hydrogens is 466 g/mol. The molecule has 38 heavy (non-hydrogen) atoms. The highest BCUT2D eigenvalue weighted by molar-refractivity contribution is 4.72. The van der Waals surface area contributed by atoms with Crippen LogP contribution in [0.25, 0.3) is 0 Å². The Morgan fingerprint density at radius 3 is 1.39 bits per heavy atom. The third-order valence-corrected chi connectivity index (χ3v) is 8.24. The largest absolute Gasteiger partial charge is 0.381 e. The quantitative estimate of drug-likeness (QED) is 0.0644. The predicted molar refractivity (Wildman–Crippen MR) is 170 cm³/mol. The summed E-state index contributed by atoms with van der Waals surface area (Å²) in [6.45, 7) is 9.67. The van der Waals surface area contributed by atoms with E-state index in [9.17, 15) is 0 Å². The van der Waals surface area contributed by atoms with Crippen molar-refractivity contribution < 1.29 is 14.0 Å². The Balaban J connectivity index is 3.46. The van der Waals surface area contributed by atoms with Crippen LogP contribution in [0.2, 0.25) is 0 Å². The number of ether oxygens (including phenoxy) is 2. The summed E-state index contributed by atoms with van der Waals surface area (Å²) in [6, 6.07) is 0. The van der Waals surface area contributed by atoms with Crippen LogP contribution in [0.3, 0.4) is 0 Å². The van der Waals surface area contributed by atoms with Crippen LogP contribution in [0, 0.1) is 12.8 Å². The molecule has 0 saturated heterocycles. The number of hydrogen-bond acceptors (Lipinski definition) is 2. The highest BCUT2D eigenvalue weighted by Crippen LogP contribution is 2.22. The SMILES string of the molecule is [CH2]C(OC)C(CCCCCCC[N+](C)(C)C)CCCOCCCCCCCCCCCCCCCCCC. The van der Waals surface area contributed by atoms with Gasteiger partial charge in [0.2, 0.25) is 0 Å². The van der Waals surface area contributed by atoms with Crippen LogP contribution < -0.4 is 0 Å². The minimum atomic E-state index is 0.119. The Morgan fingerprint density at radius 2 is 0.921 bits per heavy atom. The monoisotopic (exact) mass is 540 g/mol. The van der Waals surface area contributed by atoms with Crippen molar-refractivity contribution >= 4 is 0 Å². The summed E-state index contributed by atoms with van der Waals surface area (Å²) in [5.41, 5.74) is 0. The summed E-state index contributed by atoms with van der Waals surface area (Å²) >= 11 is 0. The maximum Gasteiger partial charge on any atom is 0.0780 e. The van der Waals surface area contributed by atoms with Gasteiger partial charge in [-0.15, -0.1) is 0 Å². The van der Waals surface area contributed by atoms with Gasteiger partial charge in [-0.05, 0) is 51.4 Å². The van der Waals surface area contributed by atoms with Gasteiger partial charge in [-0.2, -0.15) is 0 Å². The average molecular weight is 540 g/mol. The lowest BCUT2D eigenvalue weighted by Crippen LogP contribution is -2.35. The first-order valence-corrected chi connectivity index (χ1v) is 17.1. The molecule has 1 radical (unpaired) electrons. The van der Waals surface area contributed by atoms with E-state index in [1.165, 1.54) is 154 Å². The molecule has 0 heterocycles. The maximum atomic E-state index is 5.95. The van der Waals surface area contributed by atoms with E-state index in [0.717, 1.165) is 24.1 Å². The summed E-state index contributed by atoms with van der Waals surface area (Å²) in [7, 11) is 8.67. The van der Waals surface area contributed by atoms with Crippen LogP contribution in [-0.4, -0.2) is 58.6 Å². The number of rotatable bonds is 31. The van der Waals surface area contributed by atoms with Crippen molar-refractivity contribution in [2.24, 2.45) is 5.92 Å². The molecule has 0 saturated carbocycles. The molecule has 0 rings (SSSR count). The third kappa shape index (κ3) is 28.9. The summed E-state index contributed by atoms with van der Waals surface area (Å²) in [6.07, 6.45) is 33.1. The van der Waals surface area contributed by atoms with Crippen molar-refractivity contribution in [3.63, 3.8) is 0 Å². The molecule has 0 bridgehead atoms. The molecule has 0 amide bonds. The Morgan fingerprint density at radius 1 is 0.526 bits per heavy atom. The minimum Gasteiger partial charge on any atom is -0.381 e. The van der Waals surface area contributed by atoms with Gasteiger partial charge in [-0.25, -0.2) is 0 Å². The zero-order valence-corrected chi connectivity index (χ0v) is 27.2. The number of methoxy groups -OCH3 is 1. The molecule has 0 aliphatic rings. The van der Waals surface area contributed by atoms with E-state index >= 15 is 0 Å². The first kappa shape index (κ1) is 37.9. The van der Waals surface area contributed by atoms with E-state index in [1.807, 2.05) is 7.11 Å². The van der Waals surface area contributed by atoms with Crippen molar-refractivity contribution in [2.75, 3.05) is 48.0 Å². The topological polar surface area (TPSA) is 18.5 Å². The van der Waals surface area contributed by atoms with Crippen molar-refractivity contribution in [2.45, 2.75) is 167 Å². The van der Waals surface area contributed by atoms with Gasteiger partial charge < -0.3 is 14.0 Å². The van der Waals surface area contributed by atoms with E-state index < -0.39 is 0 Å². The van der Waals surface area contributed by atoms with Crippen LogP contribution in [0.15, 0.2) is 0 Å². The second-order valence-corrected chi connectivity index (χ2v) is 13.2. The van der Waals surface area contributed by atoms with Gasteiger partial charge in [0.15, 0.2) is 0 Å². The molecule has 0 N–H and O–H groups in total. The Kier molecular flexibility index (Phi) is 28.3. The first-order chi connectivity index (χ1) is 18.4. The molecule has 3 heteroatoms. The van der Waals surface area contributed by atoms with Gasteiger partial charge in [0, 0.05) is 20.3 Å². The number of hydrogen-bond donors (Lipinski definition) is 0. The van der Waals surface area contributed by atoms with Crippen molar-refractivity contribution in [1.82, 2.24) is 0 Å². The van der Waals surface area contributed by atoms with E-state index in [1.54, 1.807) is 0 Å². The van der Waals surface area contributed by atoms with Gasteiger partial charge in [0.1, 0.15) is 0 Å². The van der Waals surface area contributed by atoms with Crippen LogP contribution in [0.1, 0.15) is 161 Å². The highest BCUT2D eigenvalue weighted by atomic mass is 16.5. The zero-order valence-electron chi connectivity index (χ0n) is 27.2. The minimum absolute atomic E-state index is 0.119. The molecule has 0 aromatic heterocycles. The van der Waals surface area contributed by atoms with E-state index in [-0.39, 0.29) is 6.10 Å². The van der Waals surface area contributed by atoms with Gasteiger partial charge in [-0.1, -0.05) is 122 Å². The lowest BCUT2D eigenvalue weighted by Gasteiger charge is -2.24. The van der Waals surface area contributed by atoms with E-state index in [4.69, 9.17) is 9.47 Å². The third-order valence-electron chi connectivity index (χ3n) is 8.24. The molecule has 3 nitrogen and oxygen atoms in total. The zero-order chi connectivity index (χ0) is 28.2. The van der Waals surface area contributed by atoms with Gasteiger partial charge in [0.25, 0.3) is 0 Å². The Hall–Kier alpha value is -0.120. The standard InChI is InChI=1S/C35H73NO2/c1-7-8-9-10-11-12-13-14-15-16-17-18-19-20-24-27-32-38-33-28-30-35(34(2)37-6)29-25-22-21-23-26-31-36(3,4)5/h34-35H,2,7-33H2,1,3-6H3/q+1. The van der Waals surface area contributed by atoms with Crippen LogP contribution in [-0.2, 0) is 9.47 Å². The van der Waals surface area contributed by atoms with E-state index in [0.29, 0.717) is 5.92 Å². The molecule has 0 aromatic rings. The molecule has 0 aliphatic heterocycles. The molecule has 229 valence electrons. The second-order valence-electron chi connectivity index (χ2n) is 13.2. The molecule has 0 aromatic carbocycles. The number of unbranched alkanes of at least 4 members (excludes halogenated alkanes) is 19. The molecule has 0 fully saturated rings. The van der Waals surface area contributed by atoms with Crippen LogP contribution >= 0.6 is 0 Å². The van der Waals surface area contributed by atoms with E-state index in [2.05, 4.69) is 35.0 Å². The molecule has 0 spiro atoms. The van der Waals surface area contributed by atoms with Crippen molar-refractivity contribution in [3.05, 3.63) is 6.92 Å². The molecule has 2 atom stereocenters. The smallest absolute Gasteiger partial charge is 0.0780 e. The molecule has 0 aliphatic carbocycles. The van der Waals surface area contributed by atoms with Crippen molar-refractivity contribution in [3.8, 4) is 0 Å². The second kappa shape index (κ2) is 28.4. The summed E-state index contributed by atoms with van der Waals surface area (Å²) in [5, 5.41) is 0. The predicted octanol–water partition coefficient (Wildman–Crippen LogP) is 10.6. The lowest BCUT2D eigenvalue weighted by molar-refractivity contribution is -0.870. The van der Waals surface area contributed by atoms with Gasteiger partial charge in [0.05, 0.1) is 33.8 Å². The Bertz CT molecular complexity index is 448. The fourth-order valence-corrected chi connectivity index (χ4v) is 5.53. The summed E-state index contributed by atoms with van der Waals surface area (Å²) in [5.74, 6) is 0.574. The average Bonchev–Trinajstić information content (AvgIpc) is 2.89. The van der Waals surface area contributed by atoms with Crippen molar-refractivity contribution in [1.29, 1.82) is 0 Å². The number of quaternary nitrogens is 1. The van der Waals surface area contributed by atoms with Crippen LogP contribution in [0.4, 0.5) is 0 Å². The normalized spacial score (nSPS) is 13.7. The molecular formula is C35H73NO2+. The number of nitrogens with zero attached hydrogens (tertiary/aromatic N) is 1. The fraction of sp³-hybridized carbons (Fsp3) is 0.971. The van der Waals surface area contributed by atoms with Gasteiger partial charge in [-0.3, -0.25) is 0 Å². The molecule has 2 unspecified atom stereocenters. The summed E-state index contributed by atoms with van der Waals surface area (Å²) in [4.78, 5) is 0. The Labute approximate surface area is 241 Å². The highest BCUT2D eigenvalue weighted by Gasteiger charge is 2.16. The van der Waals surface area contributed by atoms with Gasteiger partial charge >= 0.3 is 0 Å². The lowest BCUT2D eigenvalue weighted by atomic mass is 9.91. The summed E-state index contributed by atoms with van der Waals surface area (Å²) < 4.78 is 12.6. The maximum absolute atomic E-state index is 5.95. The fourth-order valence-electron chi connectivity index (χ4n) is 5.53.